The maximum absolute atomic E-state index is 13.1. The van der Waals surface area contributed by atoms with E-state index < -0.39 is 27.3 Å². The standard InChI is InChI=1S/C51H56N4O6S/c1-6-31-54-42-26-21-35-15-9-11-17-39(35)47(42)50(2,3)44(54)28-23-37(41-25-20-38(34-53-41)49(58)52-30-13-7-8-19-46(56)57)24-29-45-51(4,5)48-40-18-12-10-16-36(40)22-27-43(48)55(45)32-14-33-62(59,60)61/h9-12,15-18,20-29,34H,6-8,13-14,19,30-33H2,1-5H3,(H2-,52,56,57,58,59,60,61). The number of allylic oxidation sites excluding steroid dienone is 6. The molecule has 0 radical (unpaired) electrons. The molecule has 0 bridgehead atoms. The second kappa shape index (κ2) is 18.2. The lowest BCUT2D eigenvalue weighted by atomic mass is 9.79. The molecule has 0 fully saturated rings. The Labute approximate surface area is 365 Å². The molecule has 0 spiro atoms. The van der Waals surface area contributed by atoms with E-state index in [2.05, 4.69) is 128 Å². The van der Waals surface area contributed by atoms with Crippen LogP contribution in [0.15, 0.2) is 121 Å². The molecule has 322 valence electrons. The number of hydrogen-bond donors (Lipinski definition) is 2. The molecule has 4 aromatic carbocycles. The minimum atomic E-state index is -4.40. The molecule has 0 atom stereocenters. The van der Waals surface area contributed by atoms with Crippen molar-refractivity contribution in [1.29, 1.82) is 0 Å². The SMILES string of the molecule is CCCN1/C(=C/C=C(/C=C/C2=[N+](CCCS(=O)(=O)[O-])c3ccc4ccccc4c3C2(C)C)c2ccc(C(=O)NCCCCCC(=O)O)cn2)C(C)(C)c2c1ccc1ccccc21. The maximum Gasteiger partial charge on any atom is 0.303 e. The van der Waals surface area contributed by atoms with Crippen molar-refractivity contribution in [2.24, 2.45) is 0 Å². The molecule has 0 aliphatic carbocycles. The van der Waals surface area contributed by atoms with Crippen molar-refractivity contribution < 1.29 is 32.2 Å². The van der Waals surface area contributed by atoms with E-state index in [1.54, 1.807) is 12.3 Å². The summed E-state index contributed by atoms with van der Waals surface area (Å²) in [5, 5.41) is 16.5. The first-order valence-electron chi connectivity index (χ1n) is 21.6. The molecular weight excluding hydrogens is 797 g/mol. The van der Waals surface area contributed by atoms with Crippen LogP contribution < -0.4 is 10.2 Å². The number of aliphatic carboxylic acids is 1. The monoisotopic (exact) mass is 852 g/mol. The summed E-state index contributed by atoms with van der Waals surface area (Å²) in [4.78, 5) is 31.3. The van der Waals surface area contributed by atoms with E-state index in [-0.39, 0.29) is 24.2 Å². The highest BCUT2D eigenvalue weighted by atomic mass is 32.2. The Balaban J connectivity index is 1.30. The molecule has 0 unspecified atom stereocenters. The number of benzene rings is 4. The Morgan fingerprint density at radius 2 is 1.55 bits per heavy atom. The van der Waals surface area contributed by atoms with Crippen molar-refractivity contribution in [2.45, 2.75) is 84.0 Å². The van der Waals surface area contributed by atoms with E-state index in [0.717, 1.165) is 52.0 Å². The quantitative estimate of drug-likeness (QED) is 0.0408. The van der Waals surface area contributed by atoms with Gasteiger partial charge in [-0.05, 0) is 96.6 Å². The van der Waals surface area contributed by atoms with Crippen molar-refractivity contribution >= 4 is 66.2 Å². The number of carboxylic acids is 1. The van der Waals surface area contributed by atoms with Gasteiger partial charge in [-0.2, -0.15) is 4.58 Å². The number of rotatable bonds is 17. The second-order valence-corrected chi connectivity index (χ2v) is 18.8. The van der Waals surface area contributed by atoms with Gasteiger partial charge in [0, 0.05) is 78.0 Å². The van der Waals surface area contributed by atoms with E-state index in [9.17, 15) is 22.6 Å². The minimum Gasteiger partial charge on any atom is -0.748 e. The molecule has 3 heterocycles. The number of anilines is 1. The second-order valence-electron chi connectivity index (χ2n) is 17.3. The zero-order valence-electron chi connectivity index (χ0n) is 36.3. The topological polar surface area (TPSA) is 143 Å². The summed E-state index contributed by atoms with van der Waals surface area (Å²) in [7, 11) is -4.40. The third-order valence-corrected chi connectivity index (χ3v) is 13.0. The van der Waals surface area contributed by atoms with Gasteiger partial charge in [0.1, 0.15) is 6.54 Å². The first kappa shape index (κ1) is 44.2. The zero-order chi connectivity index (χ0) is 44.2. The average Bonchev–Trinajstić information content (AvgIpc) is 3.59. The lowest BCUT2D eigenvalue weighted by molar-refractivity contribution is -0.437. The molecule has 62 heavy (non-hydrogen) atoms. The highest BCUT2D eigenvalue weighted by molar-refractivity contribution is 7.85. The molecule has 0 saturated carbocycles. The van der Waals surface area contributed by atoms with Gasteiger partial charge in [0.2, 0.25) is 5.69 Å². The van der Waals surface area contributed by atoms with E-state index in [1.807, 2.05) is 24.3 Å². The van der Waals surface area contributed by atoms with Gasteiger partial charge in [-0.15, -0.1) is 0 Å². The normalized spacial score (nSPS) is 16.5. The Morgan fingerprint density at radius 1 is 0.855 bits per heavy atom. The predicted molar refractivity (Wildman–Crippen MR) is 248 cm³/mol. The average molecular weight is 853 g/mol. The largest absolute Gasteiger partial charge is 0.748 e. The third-order valence-electron chi connectivity index (χ3n) is 12.2. The number of carbonyl (C=O) groups is 2. The van der Waals surface area contributed by atoms with Crippen LogP contribution in [0.2, 0.25) is 0 Å². The van der Waals surface area contributed by atoms with Gasteiger partial charge in [0.25, 0.3) is 5.91 Å². The molecule has 2 N–H and O–H groups in total. The molecule has 1 aromatic heterocycles. The summed E-state index contributed by atoms with van der Waals surface area (Å²) in [6.07, 6.45) is 13.2. The number of carbonyl (C=O) groups excluding carboxylic acids is 1. The van der Waals surface area contributed by atoms with Gasteiger partial charge in [0.15, 0.2) is 5.71 Å². The number of nitrogens with one attached hydrogen (secondary N) is 1. The van der Waals surface area contributed by atoms with Crippen LogP contribution in [0.5, 0.6) is 0 Å². The highest BCUT2D eigenvalue weighted by Gasteiger charge is 2.45. The molecule has 5 aromatic rings. The van der Waals surface area contributed by atoms with E-state index >= 15 is 0 Å². The summed E-state index contributed by atoms with van der Waals surface area (Å²) in [6, 6.07) is 29.0. The fourth-order valence-electron chi connectivity index (χ4n) is 9.32. The van der Waals surface area contributed by atoms with Crippen molar-refractivity contribution in [1.82, 2.24) is 10.3 Å². The fourth-order valence-corrected chi connectivity index (χ4v) is 9.80. The molecule has 7 rings (SSSR count). The smallest absolute Gasteiger partial charge is 0.303 e. The van der Waals surface area contributed by atoms with Crippen LogP contribution in [0.4, 0.5) is 11.4 Å². The van der Waals surface area contributed by atoms with Gasteiger partial charge in [-0.1, -0.05) is 87.9 Å². The van der Waals surface area contributed by atoms with Crippen LogP contribution in [-0.4, -0.2) is 70.6 Å². The fraction of sp³-hybridized carbons (Fsp3) is 0.333. The van der Waals surface area contributed by atoms with E-state index in [0.29, 0.717) is 43.6 Å². The van der Waals surface area contributed by atoms with Gasteiger partial charge in [0.05, 0.1) is 26.8 Å². The number of unbranched alkanes of at least 4 members (excludes halogenated alkanes) is 2. The number of pyridine rings is 1. The lowest BCUT2D eigenvalue weighted by Crippen LogP contribution is -2.28. The van der Waals surface area contributed by atoms with Crippen LogP contribution in [0.3, 0.4) is 0 Å². The number of nitrogens with zero attached hydrogens (tertiary/aromatic N) is 3. The third kappa shape index (κ3) is 9.15. The van der Waals surface area contributed by atoms with Gasteiger partial charge >= 0.3 is 5.97 Å². The minimum absolute atomic E-state index is 0.114. The van der Waals surface area contributed by atoms with Crippen molar-refractivity contribution in [3.05, 3.63) is 144 Å². The summed E-state index contributed by atoms with van der Waals surface area (Å²) in [6.45, 7) is 12.7. The molecule has 2 aliphatic rings. The van der Waals surface area contributed by atoms with E-state index in [4.69, 9.17) is 10.1 Å². The number of amides is 1. The van der Waals surface area contributed by atoms with Crippen molar-refractivity contribution in [2.75, 3.05) is 30.3 Å². The molecule has 11 heteroatoms. The summed E-state index contributed by atoms with van der Waals surface area (Å²) < 4.78 is 37.4. The molecule has 1 amide bonds. The Bertz CT molecular complexity index is 2760. The van der Waals surface area contributed by atoms with Gasteiger partial charge < -0.3 is 19.9 Å². The Morgan fingerprint density at radius 3 is 2.21 bits per heavy atom. The first-order chi connectivity index (χ1) is 29.6. The first-order valence-corrected chi connectivity index (χ1v) is 23.2. The van der Waals surface area contributed by atoms with Crippen molar-refractivity contribution in [3.63, 3.8) is 0 Å². The van der Waals surface area contributed by atoms with Crippen LogP contribution in [-0.2, 0) is 25.7 Å². The van der Waals surface area contributed by atoms with Crippen LogP contribution >= 0.6 is 0 Å². The molecule has 2 aliphatic heterocycles. The van der Waals surface area contributed by atoms with Gasteiger partial charge in [-0.25, -0.2) is 8.42 Å². The summed E-state index contributed by atoms with van der Waals surface area (Å²) >= 11 is 0. The molecule has 10 nitrogen and oxygen atoms in total. The van der Waals surface area contributed by atoms with Crippen molar-refractivity contribution in [3.8, 4) is 0 Å². The summed E-state index contributed by atoms with van der Waals surface area (Å²) in [5.41, 5.74) is 7.78. The maximum atomic E-state index is 13.1. The highest BCUT2D eigenvalue weighted by Crippen LogP contribution is 2.51. The van der Waals surface area contributed by atoms with Crippen LogP contribution in [0.1, 0.15) is 100 Å². The predicted octanol–water partition coefficient (Wildman–Crippen LogP) is 9.81. The molecule has 0 saturated heterocycles. The van der Waals surface area contributed by atoms with E-state index in [1.165, 1.54) is 22.0 Å². The molecular formula is C51H56N4O6S. The number of fused-ring (bicyclic) bond motifs is 6. The summed E-state index contributed by atoms with van der Waals surface area (Å²) in [5.74, 6) is -1.53. The Kier molecular flexibility index (Phi) is 13.0. The number of carboxylic acid groups (broad SMARTS) is 1. The number of hydrogen-bond acceptors (Lipinski definition) is 7. The van der Waals surface area contributed by atoms with Gasteiger partial charge in [-0.3, -0.25) is 14.6 Å². The lowest BCUT2D eigenvalue weighted by Gasteiger charge is -2.27. The van der Waals surface area contributed by atoms with Crippen LogP contribution in [0.25, 0.3) is 27.1 Å². The Hall–Kier alpha value is -5.91. The van der Waals surface area contributed by atoms with Crippen LogP contribution in [0, 0.1) is 0 Å². The zero-order valence-corrected chi connectivity index (χ0v) is 37.1. The number of aromatic nitrogens is 1.